The van der Waals surface area contributed by atoms with Crippen molar-refractivity contribution in [1.82, 2.24) is 14.9 Å². The standard InChI is InChI=1S/C13H13BrClN3/c1-18(2)8-10-16-12(11(14)13(15)17-10)9-6-4-3-5-7-9/h3-7H,8H2,1-2H3. The molecular formula is C13H13BrClN3. The zero-order valence-electron chi connectivity index (χ0n) is 10.2. The second-order valence-electron chi connectivity index (χ2n) is 4.20. The molecule has 0 unspecified atom stereocenters. The Balaban J connectivity index is 2.49. The van der Waals surface area contributed by atoms with E-state index in [0.29, 0.717) is 17.5 Å². The molecule has 2 aromatic rings. The van der Waals surface area contributed by atoms with E-state index in [0.717, 1.165) is 15.7 Å². The Hall–Kier alpha value is -0.970. The van der Waals surface area contributed by atoms with E-state index in [1.807, 2.05) is 49.3 Å². The number of aromatic nitrogens is 2. The van der Waals surface area contributed by atoms with Crippen LogP contribution < -0.4 is 0 Å². The van der Waals surface area contributed by atoms with Crippen LogP contribution in [-0.2, 0) is 6.54 Å². The summed E-state index contributed by atoms with van der Waals surface area (Å²) in [5, 5.41) is 0.445. The molecule has 0 radical (unpaired) electrons. The second-order valence-corrected chi connectivity index (χ2v) is 5.35. The Morgan fingerprint density at radius 3 is 2.44 bits per heavy atom. The lowest BCUT2D eigenvalue weighted by Crippen LogP contribution is -2.14. The van der Waals surface area contributed by atoms with Crippen LogP contribution in [0.4, 0.5) is 0 Å². The van der Waals surface area contributed by atoms with Crippen molar-refractivity contribution in [3.8, 4) is 11.3 Å². The van der Waals surface area contributed by atoms with Gasteiger partial charge in [0.1, 0.15) is 11.0 Å². The fraction of sp³-hybridized carbons (Fsp3) is 0.231. The minimum atomic E-state index is 0.445. The van der Waals surface area contributed by atoms with Crippen molar-refractivity contribution in [3.05, 3.63) is 45.8 Å². The first-order valence-corrected chi connectivity index (χ1v) is 6.67. The minimum Gasteiger partial charge on any atom is -0.302 e. The van der Waals surface area contributed by atoms with E-state index in [-0.39, 0.29) is 0 Å². The molecule has 0 spiro atoms. The van der Waals surface area contributed by atoms with Crippen LogP contribution in [0.15, 0.2) is 34.8 Å². The van der Waals surface area contributed by atoms with E-state index in [9.17, 15) is 0 Å². The first kappa shape index (κ1) is 13.5. The van der Waals surface area contributed by atoms with Gasteiger partial charge in [0.2, 0.25) is 0 Å². The fourth-order valence-corrected chi connectivity index (χ4v) is 2.20. The Morgan fingerprint density at radius 1 is 1.17 bits per heavy atom. The third-order valence-electron chi connectivity index (χ3n) is 2.36. The van der Waals surface area contributed by atoms with E-state index in [1.165, 1.54) is 0 Å². The Morgan fingerprint density at radius 2 is 1.83 bits per heavy atom. The van der Waals surface area contributed by atoms with Crippen LogP contribution >= 0.6 is 27.5 Å². The van der Waals surface area contributed by atoms with Gasteiger partial charge in [-0.15, -0.1) is 0 Å². The quantitative estimate of drug-likeness (QED) is 0.807. The molecule has 0 atom stereocenters. The van der Waals surface area contributed by atoms with Gasteiger partial charge in [-0.1, -0.05) is 41.9 Å². The highest BCUT2D eigenvalue weighted by Crippen LogP contribution is 2.31. The SMILES string of the molecule is CN(C)Cc1nc(Cl)c(Br)c(-c2ccccc2)n1. The van der Waals surface area contributed by atoms with Gasteiger partial charge in [-0.3, -0.25) is 0 Å². The molecule has 0 saturated carbocycles. The van der Waals surface area contributed by atoms with Gasteiger partial charge in [-0.05, 0) is 30.0 Å². The van der Waals surface area contributed by atoms with Gasteiger partial charge < -0.3 is 4.90 Å². The molecular weight excluding hydrogens is 314 g/mol. The van der Waals surface area contributed by atoms with Crippen molar-refractivity contribution in [2.75, 3.05) is 14.1 Å². The van der Waals surface area contributed by atoms with E-state index in [4.69, 9.17) is 11.6 Å². The van der Waals surface area contributed by atoms with Gasteiger partial charge in [-0.25, -0.2) is 9.97 Å². The monoisotopic (exact) mass is 325 g/mol. The summed E-state index contributed by atoms with van der Waals surface area (Å²) in [6.45, 7) is 0.660. The third kappa shape index (κ3) is 3.07. The van der Waals surface area contributed by atoms with Crippen molar-refractivity contribution in [3.63, 3.8) is 0 Å². The maximum atomic E-state index is 6.14. The molecule has 0 aliphatic rings. The molecule has 5 heteroatoms. The van der Waals surface area contributed by atoms with Crippen LogP contribution in [0.5, 0.6) is 0 Å². The summed E-state index contributed by atoms with van der Waals surface area (Å²) in [5.41, 5.74) is 1.85. The van der Waals surface area contributed by atoms with Crippen molar-refractivity contribution in [1.29, 1.82) is 0 Å². The molecule has 1 aromatic heterocycles. The molecule has 2 rings (SSSR count). The number of nitrogens with zero attached hydrogens (tertiary/aromatic N) is 3. The van der Waals surface area contributed by atoms with Gasteiger partial charge in [0, 0.05) is 5.56 Å². The number of benzene rings is 1. The van der Waals surface area contributed by atoms with Crippen LogP contribution in [0.25, 0.3) is 11.3 Å². The molecule has 1 aromatic carbocycles. The lowest BCUT2D eigenvalue weighted by molar-refractivity contribution is 0.390. The van der Waals surface area contributed by atoms with Gasteiger partial charge in [0.15, 0.2) is 0 Å². The van der Waals surface area contributed by atoms with Crippen molar-refractivity contribution in [2.45, 2.75) is 6.54 Å². The first-order chi connectivity index (χ1) is 8.58. The van der Waals surface area contributed by atoms with Gasteiger partial charge in [0.25, 0.3) is 0 Å². The lowest BCUT2D eigenvalue weighted by atomic mass is 10.1. The zero-order valence-corrected chi connectivity index (χ0v) is 12.5. The van der Waals surface area contributed by atoms with Crippen molar-refractivity contribution in [2.24, 2.45) is 0 Å². The highest BCUT2D eigenvalue weighted by Gasteiger charge is 2.12. The molecule has 18 heavy (non-hydrogen) atoms. The molecule has 0 bridgehead atoms. The maximum absolute atomic E-state index is 6.14. The zero-order chi connectivity index (χ0) is 13.1. The third-order valence-corrected chi connectivity index (χ3v) is 3.61. The maximum Gasteiger partial charge on any atom is 0.147 e. The Kier molecular flexibility index (Phi) is 4.32. The largest absolute Gasteiger partial charge is 0.302 e. The average Bonchev–Trinajstić information content (AvgIpc) is 2.34. The van der Waals surface area contributed by atoms with Crippen LogP contribution in [-0.4, -0.2) is 29.0 Å². The van der Waals surface area contributed by atoms with E-state index >= 15 is 0 Å². The molecule has 3 nitrogen and oxygen atoms in total. The highest BCUT2D eigenvalue weighted by molar-refractivity contribution is 9.10. The first-order valence-electron chi connectivity index (χ1n) is 5.50. The molecule has 94 valence electrons. The smallest absolute Gasteiger partial charge is 0.147 e. The summed E-state index contributed by atoms with van der Waals surface area (Å²) in [4.78, 5) is 10.8. The summed E-state index contributed by atoms with van der Waals surface area (Å²) in [5.74, 6) is 0.715. The molecule has 0 amide bonds. The number of hydrogen-bond donors (Lipinski definition) is 0. The summed E-state index contributed by atoms with van der Waals surface area (Å²) >= 11 is 9.58. The Bertz CT molecular complexity index is 543. The number of halogens is 2. The number of rotatable bonds is 3. The van der Waals surface area contributed by atoms with Crippen molar-refractivity contribution < 1.29 is 0 Å². The fourth-order valence-electron chi connectivity index (χ4n) is 1.60. The minimum absolute atomic E-state index is 0.445. The topological polar surface area (TPSA) is 29.0 Å². The van der Waals surface area contributed by atoms with E-state index in [1.54, 1.807) is 0 Å². The summed E-state index contributed by atoms with van der Waals surface area (Å²) in [6, 6.07) is 9.93. The lowest BCUT2D eigenvalue weighted by Gasteiger charge is -2.11. The summed E-state index contributed by atoms with van der Waals surface area (Å²) < 4.78 is 0.734. The predicted molar refractivity (Wildman–Crippen MR) is 77.6 cm³/mol. The van der Waals surface area contributed by atoms with Crippen molar-refractivity contribution >= 4 is 27.5 Å². The van der Waals surface area contributed by atoms with Gasteiger partial charge in [0.05, 0.1) is 16.7 Å². The molecule has 1 heterocycles. The summed E-state index contributed by atoms with van der Waals surface area (Å²) in [7, 11) is 3.95. The van der Waals surface area contributed by atoms with Crippen LogP contribution in [0.2, 0.25) is 5.15 Å². The van der Waals surface area contributed by atoms with Crippen LogP contribution in [0.1, 0.15) is 5.82 Å². The normalized spacial score (nSPS) is 10.9. The molecule has 0 fully saturated rings. The van der Waals surface area contributed by atoms with E-state index < -0.39 is 0 Å². The van der Waals surface area contributed by atoms with Crippen LogP contribution in [0.3, 0.4) is 0 Å². The van der Waals surface area contributed by atoms with Gasteiger partial charge in [-0.2, -0.15) is 0 Å². The van der Waals surface area contributed by atoms with E-state index in [2.05, 4.69) is 25.9 Å². The number of hydrogen-bond acceptors (Lipinski definition) is 3. The molecule has 0 aliphatic heterocycles. The predicted octanol–water partition coefficient (Wildman–Crippen LogP) is 3.62. The Labute approximate surface area is 120 Å². The van der Waals surface area contributed by atoms with Gasteiger partial charge >= 0.3 is 0 Å². The van der Waals surface area contributed by atoms with Crippen LogP contribution in [0, 0.1) is 0 Å². The molecule has 0 saturated heterocycles. The highest BCUT2D eigenvalue weighted by atomic mass is 79.9. The molecule has 0 aliphatic carbocycles. The second kappa shape index (κ2) is 5.78. The summed E-state index contributed by atoms with van der Waals surface area (Å²) in [6.07, 6.45) is 0. The molecule has 0 N–H and O–H groups in total. The average molecular weight is 327 g/mol.